The minimum atomic E-state index is -0.182. The van der Waals surface area contributed by atoms with Gasteiger partial charge in [0.2, 0.25) is 0 Å². The average Bonchev–Trinajstić information content (AvgIpc) is 2.45. The summed E-state index contributed by atoms with van der Waals surface area (Å²) in [4.78, 5) is 12.4. The zero-order valence-electron chi connectivity index (χ0n) is 12.1. The molecule has 2 rings (SSSR count). The van der Waals surface area contributed by atoms with Crippen molar-refractivity contribution < 1.29 is 9.90 Å². The molecule has 0 saturated carbocycles. The van der Waals surface area contributed by atoms with E-state index in [2.05, 4.69) is 17.2 Å². The van der Waals surface area contributed by atoms with Gasteiger partial charge in [0.25, 0.3) is 5.91 Å². The minimum Gasteiger partial charge on any atom is -0.384 e. The molecule has 1 amide bonds. The van der Waals surface area contributed by atoms with Crippen LogP contribution in [-0.2, 0) is 0 Å². The van der Waals surface area contributed by atoms with E-state index >= 15 is 0 Å². The summed E-state index contributed by atoms with van der Waals surface area (Å²) in [6, 6.07) is 13.0. The molecule has 2 aromatic rings. The molecule has 3 nitrogen and oxygen atoms in total. The first-order valence-corrected chi connectivity index (χ1v) is 6.69. The lowest BCUT2D eigenvalue weighted by Crippen LogP contribution is -2.15. The molecule has 0 bridgehead atoms. The molecule has 0 radical (unpaired) electrons. The van der Waals surface area contributed by atoms with E-state index in [9.17, 15) is 4.79 Å². The summed E-state index contributed by atoms with van der Waals surface area (Å²) < 4.78 is 0. The lowest BCUT2D eigenvalue weighted by molar-refractivity contribution is 0.102. The number of nitrogens with one attached hydrogen (secondary N) is 1. The fraction of sp³-hybridized carbons (Fsp3) is 0.167. The number of aryl methyl sites for hydroxylation is 2. The van der Waals surface area contributed by atoms with Crippen molar-refractivity contribution in [2.24, 2.45) is 0 Å². The van der Waals surface area contributed by atoms with Crippen LogP contribution >= 0.6 is 0 Å². The second-order valence-electron chi connectivity index (χ2n) is 4.76. The number of rotatable bonds is 2. The van der Waals surface area contributed by atoms with E-state index in [1.807, 2.05) is 50.2 Å². The molecule has 0 aliphatic rings. The lowest BCUT2D eigenvalue weighted by atomic mass is 10.0. The monoisotopic (exact) mass is 279 g/mol. The molecular formula is C18H17NO2. The van der Waals surface area contributed by atoms with E-state index in [4.69, 9.17) is 5.11 Å². The molecule has 0 aromatic heterocycles. The first-order chi connectivity index (χ1) is 10.1. The van der Waals surface area contributed by atoms with Gasteiger partial charge in [-0.05, 0) is 43.2 Å². The molecule has 0 spiro atoms. The van der Waals surface area contributed by atoms with Crippen LogP contribution in [0.25, 0.3) is 0 Å². The van der Waals surface area contributed by atoms with Gasteiger partial charge in [-0.15, -0.1) is 0 Å². The van der Waals surface area contributed by atoms with Gasteiger partial charge in [0.05, 0.1) is 0 Å². The van der Waals surface area contributed by atoms with Crippen molar-refractivity contribution in [2.75, 3.05) is 11.9 Å². The van der Waals surface area contributed by atoms with Gasteiger partial charge in [-0.2, -0.15) is 0 Å². The summed E-state index contributed by atoms with van der Waals surface area (Å²) in [6.45, 7) is 3.66. The zero-order chi connectivity index (χ0) is 15.2. The second kappa shape index (κ2) is 6.74. The number of benzene rings is 2. The zero-order valence-corrected chi connectivity index (χ0v) is 12.1. The summed E-state index contributed by atoms with van der Waals surface area (Å²) in [5.41, 5.74) is 4.03. The highest BCUT2D eigenvalue weighted by molar-refractivity contribution is 6.06. The van der Waals surface area contributed by atoms with E-state index < -0.39 is 0 Å². The molecular weight excluding hydrogens is 262 g/mol. The summed E-state index contributed by atoms with van der Waals surface area (Å²) in [6.07, 6.45) is 0. The Kier molecular flexibility index (Phi) is 4.76. The number of carbonyl (C=O) groups excluding carboxylic acids is 1. The summed E-state index contributed by atoms with van der Waals surface area (Å²) in [7, 11) is 0. The molecule has 21 heavy (non-hydrogen) atoms. The molecule has 0 fully saturated rings. The molecule has 0 unspecified atom stereocenters. The smallest absolute Gasteiger partial charge is 0.256 e. The molecule has 3 heteroatoms. The molecule has 106 valence electrons. The van der Waals surface area contributed by atoms with Crippen LogP contribution in [0.15, 0.2) is 42.5 Å². The van der Waals surface area contributed by atoms with Crippen LogP contribution in [0.2, 0.25) is 0 Å². The maximum atomic E-state index is 12.4. The third-order valence-corrected chi connectivity index (χ3v) is 3.14. The highest BCUT2D eigenvalue weighted by Crippen LogP contribution is 2.17. The van der Waals surface area contributed by atoms with Gasteiger partial charge in [0, 0.05) is 16.8 Å². The fourth-order valence-electron chi connectivity index (χ4n) is 2.18. The Bertz CT molecular complexity index is 703. The maximum absolute atomic E-state index is 12.4. The Hall–Kier alpha value is -2.57. The van der Waals surface area contributed by atoms with Gasteiger partial charge in [-0.3, -0.25) is 4.79 Å². The minimum absolute atomic E-state index is 0.127. The topological polar surface area (TPSA) is 49.3 Å². The standard InChI is InChI=1S/C18H17NO2/c1-13-6-3-7-14(2)17(13)18(21)19-16-10-4-8-15(12-16)9-5-11-20/h3-4,6-8,10,12,20H,11H2,1-2H3,(H,19,21). The van der Waals surface area contributed by atoms with Crippen LogP contribution in [0, 0.1) is 25.7 Å². The molecule has 0 aliphatic heterocycles. The number of anilines is 1. The number of amides is 1. The Morgan fingerprint density at radius 1 is 1.14 bits per heavy atom. The van der Waals surface area contributed by atoms with Gasteiger partial charge in [0.15, 0.2) is 0 Å². The fourth-order valence-corrected chi connectivity index (χ4v) is 2.18. The Labute approximate surface area is 124 Å². The number of hydrogen-bond acceptors (Lipinski definition) is 2. The molecule has 2 aromatic carbocycles. The van der Waals surface area contributed by atoms with E-state index in [1.165, 1.54) is 0 Å². The van der Waals surface area contributed by atoms with Gasteiger partial charge in [-0.25, -0.2) is 0 Å². The maximum Gasteiger partial charge on any atom is 0.256 e. The van der Waals surface area contributed by atoms with Gasteiger partial charge < -0.3 is 10.4 Å². The third-order valence-electron chi connectivity index (χ3n) is 3.14. The quantitative estimate of drug-likeness (QED) is 0.830. The number of aliphatic hydroxyl groups excluding tert-OH is 1. The van der Waals surface area contributed by atoms with Gasteiger partial charge in [-0.1, -0.05) is 36.1 Å². The Balaban J connectivity index is 2.24. The molecule has 2 N–H and O–H groups in total. The summed E-state index contributed by atoms with van der Waals surface area (Å²) in [5.74, 6) is 5.28. The van der Waals surface area contributed by atoms with Crippen LogP contribution in [0.4, 0.5) is 5.69 Å². The Morgan fingerprint density at radius 2 is 1.81 bits per heavy atom. The number of carbonyl (C=O) groups is 1. The van der Waals surface area contributed by atoms with Crippen LogP contribution in [-0.4, -0.2) is 17.6 Å². The molecule has 0 aliphatic carbocycles. The Morgan fingerprint density at radius 3 is 2.48 bits per heavy atom. The third kappa shape index (κ3) is 3.71. The van der Waals surface area contributed by atoms with E-state index in [0.717, 1.165) is 16.7 Å². The molecule has 0 atom stereocenters. The molecule has 0 saturated heterocycles. The van der Waals surface area contributed by atoms with Crippen molar-refractivity contribution in [1.29, 1.82) is 0 Å². The largest absolute Gasteiger partial charge is 0.384 e. The SMILES string of the molecule is Cc1cccc(C)c1C(=O)Nc1cccc(C#CCO)c1. The highest BCUT2D eigenvalue weighted by atomic mass is 16.2. The normalized spacial score (nSPS) is 9.67. The van der Waals surface area contributed by atoms with Crippen molar-refractivity contribution in [1.82, 2.24) is 0 Å². The second-order valence-corrected chi connectivity index (χ2v) is 4.76. The summed E-state index contributed by atoms with van der Waals surface area (Å²) >= 11 is 0. The van der Waals surface area contributed by atoms with E-state index in [0.29, 0.717) is 11.3 Å². The van der Waals surface area contributed by atoms with Crippen molar-refractivity contribution in [3.63, 3.8) is 0 Å². The van der Waals surface area contributed by atoms with Crippen molar-refractivity contribution in [3.05, 3.63) is 64.7 Å². The van der Waals surface area contributed by atoms with Gasteiger partial charge in [0.1, 0.15) is 6.61 Å². The van der Waals surface area contributed by atoms with Crippen molar-refractivity contribution in [2.45, 2.75) is 13.8 Å². The number of aliphatic hydroxyl groups is 1. The van der Waals surface area contributed by atoms with Crippen LogP contribution in [0.3, 0.4) is 0 Å². The summed E-state index contributed by atoms with van der Waals surface area (Å²) in [5, 5.41) is 11.6. The van der Waals surface area contributed by atoms with Crippen molar-refractivity contribution >= 4 is 11.6 Å². The first kappa shape index (κ1) is 14.8. The average molecular weight is 279 g/mol. The van der Waals surface area contributed by atoms with Crippen molar-refractivity contribution in [3.8, 4) is 11.8 Å². The van der Waals surface area contributed by atoms with E-state index in [-0.39, 0.29) is 12.5 Å². The van der Waals surface area contributed by atoms with Crippen LogP contribution in [0.5, 0.6) is 0 Å². The highest BCUT2D eigenvalue weighted by Gasteiger charge is 2.11. The van der Waals surface area contributed by atoms with Crippen LogP contribution in [0.1, 0.15) is 27.0 Å². The first-order valence-electron chi connectivity index (χ1n) is 6.69. The number of hydrogen-bond donors (Lipinski definition) is 2. The predicted octanol–water partition coefficient (Wildman–Crippen LogP) is 2.90. The van der Waals surface area contributed by atoms with Gasteiger partial charge >= 0.3 is 0 Å². The van der Waals surface area contributed by atoms with E-state index in [1.54, 1.807) is 6.07 Å². The lowest BCUT2D eigenvalue weighted by Gasteiger charge is -2.10. The molecule has 0 heterocycles. The van der Waals surface area contributed by atoms with Crippen LogP contribution < -0.4 is 5.32 Å². The predicted molar refractivity (Wildman–Crippen MR) is 84.3 cm³/mol.